The highest BCUT2D eigenvalue weighted by molar-refractivity contribution is 6.43. The monoisotopic (exact) mass is 422 g/mol. The van der Waals surface area contributed by atoms with Gasteiger partial charge in [-0.25, -0.2) is 4.79 Å². The Labute approximate surface area is 172 Å². The van der Waals surface area contributed by atoms with Crippen molar-refractivity contribution in [1.82, 2.24) is 0 Å². The SMILES string of the molecule is CO/N=C(/C(=O)OC)c1ccccc1COc1cc(Cl)c(OCC#N)c(Cl)c1. The van der Waals surface area contributed by atoms with Crippen LogP contribution in [0.1, 0.15) is 11.1 Å². The molecule has 0 saturated carbocycles. The van der Waals surface area contributed by atoms with E-state index in [4.69, 9.17) is 47.5 Å². The molecular weight excluding hydrogens is 407 g/mol. The van der Waals surface area contributed by atoms with E-state index >= 15 is 0 Å². The first-order valence-electron chi connectivity index (χ1n) is 7.91. The molecule has 0 saturated heterocycles. The molecule has 0 bridgehead atoms. The number of rotatable bonds is 8. The van der Waals surface area contributed by atoms with E-state index < -0.39 is 5.97 Å². The van der Waals surface area contributed by atoms with E-state index in [1.807, 2.05) is 6.07 Å². The summed E-state index contributed by atoms with van der Waals surface area (Å²) in [4.78, 5) is 16.7. The number of oxime groups is 1. The summed E-state index contributed by atoms with van der Waals surface area (Å²) in [5, 5.41) is 12.8. The zero-order valence-corrected chi connectivity index (χ0v) is 16.6. The Morgan fingerprint density at radius 2 is 1.82 bits per heavy atom. The van der Waals surface area contributed by atoms with Gasteiger partial charge in [0, 0.05) is 17.7 Å². The van der Waals surface area contributed by atoms with Crippen LogP contribution in [0.5, 0.6) is 11.5 Å². The summed E-state index contributed by atoms with van der Waals surface area (Å²) in [6, 6.07) is 11.9. The van der Waals surface area contributed by atoms with Crippen LogP contribution in [-0.2, 0) is 21.0 Å². The number of ether oxygens (including phenoxy) is 3. The van der Waals surface area contributed by atoms with Gasteiger partial charge in [-0.05, 0) is 5.56 Å². The molecule has 2 aromatic rings. The smallest absolute Gasteiger partial charge is 0.360 e. The lowest BCUT2D eigenvalue weighted by Gasteiger charge is -2.13. The topological polar surface area (TPSA) is 90.1 Å². The fraction of sp³-hybridized carbons (Fsp3) is 0.211. The second-order valence-electron chi connectivity index (χ2n) is 5.22. The maximum absolute atomic E-state index is 12.0. The minimum atomic E-state index is -0.639. The summed E-state index contributed by atoms with van der Waals surface area (Å²) >= 11 is 12.3. The van der Waals surface area contributed by atoms with Crippen LogP contribution < -0.4 is 9.47 Å². The normalized spacial score (nSPS) is 10.8. The molecule has 2 aromatic carbocycles. The molecule has 9 heteroatoms. The van der Waals surface area contributed by atoms with Gasteiger partial charge >= 0.3 is 5.97 Å². The third-order valence-electron chi connectivity index (χ3n) is 3.48. The number of halogens is 2. The fourth-order valence-electron chi connectivity index (χ4n) is 2.28. The summed E-state index contributed by atoms with van der Waals surface area (Å²) in [5.74, 6) is -0.0466. The molecule has 2 rings (SSSR count). The van der Waals surface area contributed by atoms with E-state index in [-0.39, 0.29) is 34.7 Å². The van der Waals surface area contributed by atoms with Crippen LogP contribution in [0.2, 0.25) is 10.0 Å². The molecule has 0 aliphatic heterocycles. The average molecular weight is 423 g/mol. The van der Waals surface area contributed by atoms with E-state index in [2.05, 4.69) is 5.16 Å². The Morgan fingerprint density at radius 1 is 1.14 bits per heavy atom. The standard InChI is InChI=1S/C19H16Cl2N2O5/c1-25-19(24)17(23-26-2)14-6-4-3-5-12(14)11-28-13-9-15(20)18(16(21)10-13)27-8-7-22/h3-6,9-10H,8,11H2,1-2H3/b23-17+. The van der Waals surface area contributed by atoms with Crippen molar-refractivity contribution in [2.24, 2.45) is 5.16 Å². The van der Waals surface area contributed by atoms with E-state index in [9.17, 15) is 4.79 Å². The number of nitrogens with zero attached hydrogens (tertiary/aromatic N) is 2. The number of nitriles is 1. The molecular formula is C19H16Cl2N2O5. The first kappa shape index (κ1) is 21.4. The number of methoxy groups -OCH3 is 1. The highest BCUT2D eigenvalue weighted by Crippen LogP contribution is 2.37. The van der Waals surface area contributed by atoms with E-state index in [1.165, 1.54) is 26.4 Å². The van der Waals surface area contributed by atoms with Gasteiger partial charge in [-0.1, -0.05) is 52.6 Å². The maximum atomic E-state index is 12.0. The zero-order chi connectivity index (χ0) is 20.5. The van der Waals surface area contributed by atoms with Crippen molar-refractivity contribution in [3.63, 3.8) is 0 Å². The molecule has 0 unspecified atom stereocenters. The summed E-state index contributed by atoms with van der Waals surface area (Å²) in [7, 11) is 2.59. The van der Waals surface area contributed by atoms with Gasteiger partial charge in [0.1, 0.15) is 25.5 Å². The van der Waals surface area contributed by atoms with Gasteiger partial charge in [-0.3, -0.25) is 0 Å². The van der Waals surface area contributed by atoms with Gasteiger partial charge in [0.25, 0.3) is 0 Å². The second-order valence-corrected chi connectivity index (χ2v) is 6.04. The molecule has 0 radical (unpaired) electrons. The minimum absolute atomic E-state index is 0.0144. The van der Waals surface area contributed by atoms with Crippen molar-refractivity contribution in [1.29, 1.82) is 5.26 Å². The van der Waals surface area contributed by atoms with Gasteiger partial charge < -0.3 is 19.0 Å². The zero-order valence-electron chi connectivity index (χ0n) is 15.1. The molecule has 0 aliphatic carbocycles. The number of carbonyl (C=O) groups excluding carboxylic acids is 1. The van der Waals surface area contributed by atoms with Crippen LogP contribution in [0.4, 0.5) is 0 Å². The Kier molecular flexibility index (Phi) is 7.93. The highest BCUT2D eigenvalue weighted by atomic mass is 35.5. The van der Waals surface area contributed by atoms with E-state index in [1.54, 1.807) is 24.3 Å². The fourth-order valence-corrected chi connectivity index (χ4v) is 2.86. The molecule has 0 amide bonds. The first-order chi connectivity index (χ1) is 13.5. The number of esters is 1. The van der Waals surface area contributed by atoms with Gasteiger partial charge in [0.15, 0.2) is 18.1 Å². The Morgan fingerprint density at radius 3 is 2.43 bits per heavy atom. The minimum Gasteiger partial charge on any atom is -0.489 e. The van der Waals surface area contributed by atoms with Crippen molar-refractivity contribution in [2.75, 3.05) is 20.8 Å². The van der Waals surface area contributed by atoms with E-state index in [0.29, 0.717) is 16.9 Å². The molecule has 0 aromatic heterocycles. The molecule has 146 valence electrons. The lowest BCUT2D eigenvalue weighted by atomic mass is 10.0. The Balaban J connectivity index is 2.25. The molecule has 0 fully saturated rings. The second kappa shape index (κ2) is 10.4. The summed E-state index contributed by atoms with van der Waals surface area (Å²) in [5.41, 5.74) is 1.18. The molecule has 0 N–H and O–H groups in total. The van der Waals surface area contributed by atoms with Crippen LogP contribution in [0.15, 0.2) is 41.6 Å². The van der Waals surface area contributed by atoms with Crippen molar-refractivity contribution in [2.45, 2.75) is 6.61 Å². The largest absolute Gasteiger partial charge is 0.489 e. The van der Waals surface area contributed by atoms with Crippen molar-refractivity contribution >= 4 is 34.9 Å². The van der Waals surface area contributed by atoms with Crippen LogP contribution in [0.3, 0.4) is 0 Å². The molecule has 28 heavy (non-hydrogen) atoms. The third kappa shape index (κ3) is 5.28. The molecule has 0 heterocycles. The molecule has 0 atom stereocenters. The third-order valence-corrected chi connectivity index (χ3v) is 4.04. The predicted molar refractivity (Wildman–Crippen MR) is 104 cm³/mol. The van der Waals surface area contributed by atoms with Crippen LogP contribution in [0.25, 0.3) is 0 Å². The van der Waals surface area contributed by atoms with Crippen molar-refractivity contribution in [3.8, 4) is 17.6 Å². The van der Waals surface area contributed by atoms with Gasteiger partial charge in [0.05, 0.1) is 17.2 Å². The van der Waals surface area contributed by atoms with E-state index in [0.717, 1.165) is 0 Å². The predicted octanol–water partition coefficient (Wildman–Crippen LogP) is 4.00. The molecule has 7 nitrogen and oxygen atoms in total. The highest BCUT2D eigenvalue weighted by Gasteiger charge is 2.19. The Hall–Kier alpha value is -2.95. The van der Waals surface area contributed by atoms with Crippen molar-refractivity contribution < 1.29 is 23.8 Å². The molecule has 0 aliphatic rings. The van der Waals surface area contributed by atoms with Gasteiger partial charge in [-0.15, -0.1) is 0 Å². The van der Waals surface area contributed by atoms with Gasteiger partial charge in [-0.2, -0.15) is 5.26 Å². The Bertz CT molecular complexity index is 902. The number of carbonyl (C=O) groups is 1. The summed E-state index contributed by atoms with van der Waals surface area (Å²) in [6.07, 6.45) is 0. The van der Waals surface area contributed by atoms with Crippen LogP contribution in [-0.4, -0.2) is 32.5 Å². The lowest BCUT2D eigenvalue weighted by Crippen LogP contribution is -2.19. The van der Waals surface area contributed by atoms with Crippen molar-refractivity contribution in [3.05, 3.63) is 57.6 Å². The lowest BCUT2D eigenvalue weighted by molar-refractivity contribution is -0.132. The average Bonchev–Trinajstić information content (AvgIpc) is 2.69. The van der Waals surface area contributed by atoms with Crippen LogP contribution >= 0.6 is 23.2 Å². The number of hydrogen-bond donors (Lipinski definition) is 0. The number of hydrogen-bond acceptors (Lipinski definition) is 7. The van der Waals surface area contributed by atoms with Crippen LogP contribution in [0, 0.1) is 11.3 Å². The quantitative estimate of drug-likeness (QED) is 0.362. The first-order valence-corrected chi connectivity index (χ1v) is 8.66. The summed E-state index contributed by atoms with van der Waals surface area (Å²) in [6.45, 7) is -0.0802. The maximum Gasteiger partial charge on any atom is 0.360 e. The van der Waals surface area contributed by atoms with Gasteiger partial charge in [0.2, 0.25) is 0 Å². The number of benzene rings is 2. The molecule has 0 spiro atoms. The summed E-state index contributed by atoms with van der Waals surface area (Å²) < 4.78 is 15.7.